The zero-order chi connectivity index (χ0) is 48.2. The van der Waals surface area contributed by atoms with Crippen LogP contribution < -0.4 is 0 Å². The smallest absolute Gasteiger partial charge is 0.128 e. The summed E-state index contributed by atoms with van der Waals surface area (Å²) in [6, 6.07) is 39.1. The van der Waals surface area contributed by atoms with Crippen LogP contribution in [0.25, 0.3) is 66.7 Å². The number of fused-ring (bicyclic) bond motifs is 3. The van der Waals surface area contributed by atoms with Crippen molar-refractivity contribution < 1.29 is 43.7 Å². The van der Waals surface area contributed by atoms with Crippen molar-refractivity contribution in [2.45, 2.75) is 54.6 Å². The molecule has 0 atom stereocenters. The standard InChI is InChI=1S/C36H32NO.C13H12N.Ir/c1-23-19-25(21-36(3,4)5)17-18-27(23)32-20-33(37-22-24(32)2)31-16-10-15-30-29-14-9-13-28(34(29)38-35(30)31)26-11-7-6-8-12-26;1-10-3-6-12(7-4-10)13-8-5-11(2)9-14-13;/h6-15,17-20,22H,21H2,1-5H3;3-6,8-9H,1-2H3;/q2*-1;/i1D3,2D3,21D2;1D3,2D3;. The fourth-order valence-corrected chi connectivity index (χ4v) is 6.04. The van der Waals surface area contributed by atoms with Crippen LogP contribution in [0, 0.1) is 45.0 Å². The van der Waals surface area contributed by atoms with E-state index in [1.54, 1.807) is 45.0 Å². The molecule has 8 rings (SSSR count). The molecule has 0 aliphatic heterocycles. The summed E-state index contributed by atoms with van der Waals surface area (Å²) in [6.07, 6.45) is 0.703. The van der Waals surface area contributed by atoms with E-state index in [1.807, 2.05) is 54.6 Å². The fourth-order valence-electron chi connectivity index (χ4n) is 6.04. The molecule has 8 aromatic rings. The van der Waals surface area contributed by atoms with Gasteiger partial charge < -0.3 is 14.4 Å². The predicted octanol–water partition coefficient (Wildman–Crippen LogP) is 13.2. The zero-order valence-electron chi connectivity index (χ0n) is 43.3. The number of aryl methyl sites for hydroxylation is 4. The number of para-hydroxylation sites is 1. The van der Waals surface area contributed by atoms with Gasteiger partial charge in [-0.1, -0.05) is 124 Å². The maximum Gasteiger partial charge on any atom is 0.128 e. The van der Waals surface area contributed by atoms with Gasteiger partial charge >= 0.3 is 0 Å². The third-order valence-corrected chi connectivity index (χ3v) is 8.38. The average Bonchev–Trinajstić information content (AvgIpc) is 3.64. The van der Waals surface area contributed by atoms with Gasteiger partial charge in [-0.15, -0.1) is 53.6 Å². The van der Waals surface area contributed by atoms with E-state index in [1.165, 1.54) is 48.8 Å². The summed E-state index contributed by atoms with van der Waals surface area (Å²) < 4.78 is 118. The average molecular weight is 883 g/mol. The normalized spacial score (nSPS) is 16.4. The molecular weight excluding hydrogens is 825 g/mol. The molecule has 0 fully saturated rings. The van der Waals surface area contributed by atoms with Crippen LogP contribution in [0.5, 0.6) is 0 Å². The Kier molecular flexibility index (Phi) is 7.02. The van der Waals surface area contributed by atoms with Crippen LogP contribution in [0.2, 0.25) is 0 Å². The van der Waals surface area contributed by atoms with Crippen LogP contribution in [-0.4, -0.2) is 9.97 Å². The van der Waals surface area contributed by atoms with Crippen LogP contribution in [0.15, 0.2) is 132 Å². The molecule has 5 aromatic carbocycles. The SMILES string of the molecule is [2H]C([2H])([2H])c1c[c-]c(-c2ccc(C([2H])([2H])[2H])cn2)cc1.[2H]C([2H])([2H])c1cnc(-c2[c-]ccc3c2oc2c(-c4ccccc4)cccc23)cc1-c1ccc(C([2H])([2H])C(C)(C)C)cc1C([2H])([2H])[2H].[Ir]. The van der Waals surface area contributed by atoms with Crippen molar-refractivity contribution in [3.05, 3.63) is 168 Å². The van der Waals surface area contributed by atoms with Gasteiger partial charge in [0.15, 0.2) is 0 Å². The molecule has 0 unspecified atom stereocenters. The van der Waals surface area contributed by atoms with Gasteiger partial charge in [0.25, 0.3) is 0 Å². The first kappa shape index (κ1) is 23.5. The van der Waals surface area contributed by atoms with E-state index in [0.29, 0.717) is 33.7 Å². The van der Waals surface area contributed by atoms with Crippen molar-refractivity contribution in [2.75, 3.05) is 0 Å². The Morgan fingerprint density at radius 2 is 1.45 bits per heavy atom. The molecule has 0 amide bonds. The van der Waals surface area contributed by atoms with Crippen molar-refractivity contribution in [3.63, 3.8) is 0 Å². The number of hydrogen-bond donors (Lipinski definition) is 0. The van der Waals surface area contributed by atoms with E-state index in [2.05, 4.69) is 22.1 Å². The Morgan fingerprint density at radius 1 is 0.660 bits per heavy atom. The Balaban J connectivity index is 0.000000296. The molecule has 0 saturated carbocycles. The zero-order valence-corrected chi connectivity index (χ0v) is 31.7. The molecule has 1 radical (unpaired) electrons. The summed E-state index contributed by atoms with van der Waals surface area (Å²) in [4.78, 5) is 8.61. The fraction of sp³-hybridized carbons (Fsp3) is 0.184. The Labute approximate surface area is 347 Å². The van der Waals surface area contributed by atoms with Crippen molar-refractivity contribution in [2.24, 2.45) is 5.41 Å². The van der Waals surface area contributed by atoms with E-state index < -0.39 is 39.2 Å². The largest absolute Gasteiger partial charge is 0.500 e. The number of aromatic nitrogens is 2. The van der Waals surface area contributed by atoms with Crippen molar-refractivity contribution in [1.82, 2.24) is 9.97 Å². The quantitative estimate of drug-likeness (QED) is 0.162. The van der Waals surface area contributed by atoms with E-state index in [-0.39, 0.29) is 59.0 Å². The topological polar surface area (TPSA) is 38.9 Å². The number of pyridine rings is 2. The molecule has 4 heteroatoms. The van der Waals surface area contributed by atoms with Crippen molar-refractivity contribution in [1.29, 1.82) is 0 Å². The summed E-state index contributed by atoms with van der Waals surface area (Å²) >= 11 is 0. The molecule has 3 heterocycles. The number of furan rings is 1. The molecule has 0 N–H and O–H groups in total. The maximum atomic E-state index is 8.74. The van der Waals surface area contributed by atoms with E-state index in [0.717, 1.165) is 21.9 Å². The summed E-state index contributed by atoms with van der Waals surface area (Å²) in [6.45, 7) is -4.37. The molecule has 0 aliphatic carbocycles. The summed E-state index contributed by atoms with van der Waals surface area (Å²) in [5, 5.41) is 1.74. The van der Waals surface area contributed by atoms with Crippen molar-refractivity contribution in [3.8, 4) is 44.8 Å². The van der Waals surface area contributed by atoms with Gasteiger partial charge in [0.2, 0.25) is 0 Å². The number of hydrogen-bond acceptors (Lipinski definition) is 3. The number of benzene rings is 5. The minimum absolute atomic E-state index is 0. The summed E-state index contributed by atoms with van der Waals surface area (Å²) in [5.74, 6) is 0. The van der Waals surface area contributed by atoms with Crippen LogP contribution in [0.4, 0.5) is 0 Å². The molecule has 0 bridgehead atoms. The summed E-state index contributed by atoms with van der Waals surface area (Å²) in [7, 11) is 0. The van der Waals surface area contributed by atoms with Crippen LogP contribution in [-0.2, 0) is 26.5 Å². The number of rotatable bonds is 5. The minimum atomic E-state index is -2.66. The predicted molar refractivity (Wildman–Crippen MR) is 217 cm³/mol. The molecule has 0 aliphatic rings. The molecule has 0 spiro atoms. The first-order valence-electron chi connectivity index (χ1n) is 23.7. The number of nitrogens with zero attached hydrogens (tertiary/aromatic N) is 2. The van der Waals surface area contributed by atoms with Crippen LogP contribution >= 0.6 is 0 Å². The van der Waals surface area contributed by atoms with E-state index >= 15 is 0 Å². The first-order chi connectivity index (χ1) is 30.7. The first-order valence-corrected chi connectivity index (χ1v) is 16.7. The van der Waals surface area contributed by atoms with Gasteiger partial charge in [-0.3, -0.25) is 0 Å². The van der Waals surface area contributed by atoms with Gasteiger partial charge in [0, 0.05) is 62.6 Å². The molecule has 267 valence electrons. The van der Waals surface area contributed by atoms with Crippen molar-refractivity contribution >= 4 is 21.9 Å². The maximum absolute atomic E-state index is 8.74. The van der Waals surface area contributed by atoms with Gasteiger partial charge in [-0.25, -0.2) is 0 Å². The van der Waals surface area contributed by atoms with Gasteiger partial charge in [-0.05, 0) is 82.7 Å². The summed E-state index contributed by atoms with van der Waals surface area (Å²) in [5.41, 5.74) is 5.01. The Hall–Kier alpha value is -5.15. The Morgan fingerprint density at radius 3 is 2.17 bits per heavy atom. The van der Waals surface area contributed by atoms with Crippen LogP contribution in [0.1, 0.15) is 67.8 Å². The third-order valence-electron chi connectivity index (χ3n) is 8.38. The van der Waals surface area contributed by atoms with Crippen LogP contribution in [0.3, 0.4) is 0 Å². The van der Waals surface area contributed by atoms with E-state index in [4.69, 9.17) is 23.6 Å². The molecule has 53 heavy (non-hydrogen) atoms. The second kappa shape index (κ2) is 15.8. The minimum Gasteiger partial charge on any atom is -0.500 e. The second-order valence-electron chi connectivity index (χ2n) is 13.4. The van der Waals surface area contributed by atoms with Gasteiger partial charge in [0.05, 0.1) is 5.58 Å². The molecule has 3 aromatic heterocycles. The third kappa shape index (κ3) is 8.41. The molecule has 3 nitrogen and oxygen atoms in total. The molecule has 0 saturated heterocycles. The van der Waals surface area contributed by atoms with E-state index in [9.17, 15) is 0 Å². The Bertz CT molecular complexity index is 2970. The second-order valence-corrected chi connectivity index (χ2v) is 13.4. The van der Waals surface area contributed by atoms with Gasteiger partial charge in [-0.2, -0.15) is 0 Å². The monoisotopic (exact) mass is 883 g/mol. The van der Waals surface area contributed by atoms with Gasteiger partial charge in [0.1, 0.15) is 5.58 Å². The molecular formula is C49H44IrN2O-2.